The van der Waals surface area contributed by atoms with Crippen LogP contribution >= 0.6 is 0 Å². The number of carbonyl (C=O) groups excluding carboxylic acids is 1. The SMILES string of the molecule is CCN(C(=O)c1cccc(F)c1NC)c1ccc(C)cc1. The van der Waals surface area contributed by atoms with E-state index in [0.29, 0.717) is 12.1 Å². The van der Waals surface area contributed by atoms with Gasteiger partial charge in [0.15, 0.2) is 0 Å². The molecule has 0 fully saturated rings. The number of nitrogens with zero attached hydrogens (tertiary/aromatic N) is 1. The van der Waals surface area contributed by atoms with Crippen molar-refractivity contribution in [2.45, 2.75) is 13.8 Å². The van der Waals surface area contributed by atoms with E-state index in [2.05, 4.69) is 5.32 Å². The minimum Gasteiger partial charge on any atom is -0.385 e. The summed E-state index contributed by atoms with van der Waals surface area (Å²) in [5.74, 6) is -0.645. The van der Waals surface area contributed by atoms with Crippen molar-refractivity contribution in [3.05, 3.63) is 59.4 Å². The Kier molecular flexibility index (Phi) is 4.58. The quantitative estimate of drug-likeness (QED) is 0.926. The molecule has 0 aliphatic rings. The number of rotatable bonds is 4. The van der Waals surface area contributed by atoms with Gasteiger partial charge in [-0.2, -0.15) is 0 Å². The molecule has 2 aromatic carbocycles. The number of hydrogen-bond acceptors (Lipinski definition) is 2. The summed E-state index contributed by atoms with van der Waals surface area (Å²) in [6.45, 7) is 4.41. The smallest absolute Gasteiger partial charge is 0.260 e. The first-order valence-electron chi connectivity index (χ1n) is 6.93. The fourth-order valence-corrected chi connectivity index (χ4v) is 2.27. The van der Waals surface area contributed by atoms with E-state index in [1.807, 2.05) is 38.1 Å². The molecule has 110 valence electrons. The second-order valence-electron chi connectivity index (χ2n) is 4.80. The second-order valence-corrected chi connectivity index (χ2v) is 4.80. The van der Waals surface area contributed by atoms with Crippen molar-refractivity contribution in [3.63, 3.8) is 0 Å². The van der Waals surface area contributed by atoms with Crippen LogP contribution in [0.25, 0.3) is 0 Å². The van der Waals surface area contributed by atoms with Crippen molar-refractivity contribution in [2.75, 3.05) is 23.8 Å². The zero-order valence-corrected chi connectivity index (χ0v) is 12.5. The molecule has 0 saturated heterocycles. The van der Waals surface area contributed by atoms with Gasteiger partial charge in [-0.3, -0.25) is 4.79 Å². The highest BCUT2D eigenvalue weighted by molar-refractivity contribution is 6.09. The van der Waals surface area contributed by atoms with E-state index in [9.17, 15) is 9.18 Å². The zero-order valence-electron chi connectivity index (χ0n) is 12.5. The third-order valence-electron chi connectivity index (χ3n) is 3.40. The summed E-state index contributed by atoms with van der Waals surface area (Å²) in [6, 6.07) is 12.2. The molecular weight excluding hydrogens is 267 g/mol. The van der Waals surface area contributed by atoms with Gasteiger partial charge in [0.05, 0.1) is 11.3 Å². The summed E-state index contributed by atoms with van der Waals surface area (Å²) >= 11 is 0. The van der Waals surface area contributed by atoms with Crippen LogP contribution in [0.3, 0.4) is 0 Å². The Morgan fingerprint density at radius 1 is 1.19 bits per heavy atom. The van der Waals surface area contributed by atoms with E-state index in [0.717, 1.165) is 11.3 Å². The maximum absolute atomic E-state index is 13.8. The first-order valence-corrected chi connectivity index (χ1v) is 6.93. The maximum Gasteiger partial charge on any atom is 0.260 e. The molecule has 21 heavy (non-hydrogen) atoms. The number of carbonyl (C=O) groups is 1. The van der Waals surface area contributed by atoms with Crippen LogP contribution in [0.2, 0.25) is 0 Å². The van der Waals surface area contributed by atoms with Crippen molar-refractivity contribution in [1.29, 1.82) is 0 Å². The Bertz CT molecular complexity index is 638. The molecule has 0 aliphatic carbocycles. The van der Waals surface area contributed by atoms with E-state index in [4.69, 9.17) is 0 Å². The standard InChI is InChI=1S/C17H19FN2O/c1-4-20(13-10-8-12(2)9-11-13)17(21)14-6-5-7-15(18)16(14)19-3/h5-11,19H,4H2,1-3H3. The average molecular weight is 286 g/mol. The van der Waals surface area contributed by atoms with Crippen molar-refractivity contribution in [1.82, 2.24) is 0 Å². The van der Waals surface area contributed by atoms with E-state index < -0.39 is 5.82 Å². The lowest BCUT2D eigenvalue weighted by atomic mass is 10.1. The molecule has 0 aliphatic heterocycles. The van der Waals surface area contributed by atoms with Crippen LogP contribution in [0, 0.1) is 12.7 Å². The summed E-state index contributed by atoms with van der Waals surface area (Å²) in [5.41, 5.74) is 2.50. The number of aryl methyl sites for hydroxylation is 1. The highest BCUT2D eigenvalue weighted by Gasteiger charge is 2.20. The number of anilines is 2. The fourth-order valence-electron chi connectivity index (χ4n) is 2.27. The minimum absolute atomic E-state index is 0.217. The molecule has 4 heteroatoms. The number of hydrogen-bond donors (Lipinski definition) is 1. The van der Waals surface area contributed by atoms with Gasteiger partial charge in [-0.15, -0.1) is 0 Å². The summed E-state index contributed by atoms with van der Waals surface area (Å²) in [4.78, 5) is 14.3. The molecule has 1 amide bonds. The molecule has 0 spiro atoms. The molecule has 1 N–H and O–H groups in total. The lowest BCUT2D eigenvalue weighted by molar-refractivity contribution is 0.0988. The Balaban J connectivity index is 2.41. The zero-order chi connectivity index (χ0) is 15.4. The molecule has 3 nitrogen and oxygen atoms in total. The van der Waals surface area contributed by atoms with Crippen LogP contribution < -0.4 is 10.2 Å². The maximum atomic E-state index is 13.8. The molecule has 0 radical (unpaired) electrons. The van der Waals surface area contributed by atoms with Crippen LogP contribution in [0.4, 0.5) is 15.8 Å². The third kappa shape index (κ3) is 3.05. The van der Waals surface area contributed by atoms with Gasteiger partial charge in [0.1, 0.15) is 5.82 Å². The van der Waals surface area contributed by atoms with Gasteiger partial charge < -0.3 is 10.2 Å². The molecule has 0 saturated carbocycles. The normalized spacial score (nSPS) is 10.3. The van der Waals surface area contributed by atoms with Crippen LogP contribution in [0.1, 0.15) is 22.8 Å². The molecule has 2 rings (SSSR count). The molecule has 0 atom stereocenters. The monoisotopic (exact) mass is 286 g/mol. The van der Waals surface area contributed by atoms with E-state index >= 15 is 0 Å². The van der Waals surface area contributed by atoms with Crippen molar-refractivity contribution in [3.8, 4) is 0 Å². The third-order valence-corrected chi connectivity index (χ3v) is 3.40. The van der Waals surface area contributed by atoms with Gasteiger partial charge in [0.25, 0.3) is 5.91 Å². The fraction of sp³-hybridized carbons (Fsp3) is 0.235. The van der Waals surface area contributed by atoms with Gasteiger partial charge in [0.2, 0.25) is 0 Å². The van der Waals surface area contributed by atoms with Gasteiger partial charge in [-0.05, 0) is 38.1 Å². The topological polar surface area (TPSA) is 32.3 Å². The molecule has 0 heterocycles. The van der Waals surface area contributed by atoms with E-state index in [1.54, 1.807) is 24.1 Å². The van der Waals surface area contributed by atoms with Crippen molar-refractivity contribution in [2.24, 2.45) is 0 Å². The lowest BCUT2D eigenvalue weighted by Crippen LogP contribution is -2.31. The van der Waals surface area contributed by atoms with Crippen LogP contribution in [0.15, 0.2) is 42.5 Å². The Hall–Kier alpha value is -2.36. The molecule has 2 aromatic rings. The lowest BCUT2D eigenvalue weighted by Gasteiger charge is -2.22. The van der Waals surface area contributed by atoms with Gasteiger partial charge in [-0.25, -0.2) is 4.39 Å². The van der Waals surface area contributed by atoms with Crippen molar-refractivity contribution < 1.29 is 9.18 Å². The first kappa shape index (κ1) is 15.0. The number of benzene rings is 2. The Morgan fingerprint density at radius 3 is 2.43 bits per heavy atom. The second kappa shape index (κ2) is 6.39. The summed E-state index contributed by atoms with van der Waals surface area (Å²) < 4.78 is 13.8. The predicted octanol–water partition coefficient (Wildman–Crippen LogP) is 3.84. The van der Waals surface area contributed by atoms with Crippen molar-refractivity contribution >= 4 is 17.3 Å². The number of nitrogens with one attached hydrogen (secondary N) is 1. The largest absolute Gasteiger partial charge is 0.385 e. The van der Waals surface area contributed by atoms with E-state index in [-0.39, 0.29) is 11.6 Å². The minimum atomic E-state index is -0.427. The summed E-state index contributed by atoms with van der Waals surface area (Å²) in [6.07, 6.45) is 0. The molecular formula is C17H19FN2O. The van der Waals surface area contributed by atoms with Crippen LogP contribution in [-0.4, -0.2) is 19.5 Å². The number of halogens is 1. The summed E-state index contributed by atoms with van der Waals surface area (Å²) in [5, 5.41) is 2.76. The molecule has 0 aromatic heterocycles. The highest BCUT2D eigenvalue weighted by atomic mass is 19.1. The van der Waals surface area contributed by atoms with Gasteiger partial charge >= 0.3 is 0 Å². The van der Waals surface area contributed by atoms with E-state index in [1.165, 1.54) is 6.07 Å². The Labute approximate surface area is 124 Å². The Morgan fingerprint density at radius 2 is 1.86 bits per heavy atom. The highest BCUT2D eigenvalue weighted by Crippen LogP contribution is 2.24. The summed E-state index contributed by atoms with van der Waals surface area (Å²) in [7, 11) is 1.61. The predicted molar refractivity (Wildman–Crippen MR) is 84.5 cm³/mol. The van der Waals surface area contributed by atoms with Crippen LogP contribution in [0.5, 0.6) is 0 Å². The molecule has 0 unspecified atom stereocenters. The number of amides is 1. The van der Waals surface area contributed by atoms with Crippen LogP contribution in [-0.2, 0) is 0 Å². The van der Waals surface area contributed by atoms with Gasteiger partial charge in [0, 0.05) is 19.3 Å². The molecule has 0 bridgehead atoms. The number of para-hydroxylation sites is 1. The first-order chi connectivity index (χ1) is 10.1. The average Bonchev–Trinajstić information content (AvgIpc) is 2.49. The van der Waals surface area contributed by atoms with Gasteiger partial charge in [-0.1, -0.05) is 23.8 Å².